The molecular formula is C29H27ClN2O4. The third kappa shape index (κ3) is 4.47. The first-order valence-corrected chi connectivity index (χ1v) is 12.7. The van der Waals surface area contributed by atoms with Gasteiger partial charge in [-0.05, 0) is 84.7 Å². The first-order valence-electron chi connectivity index (χ1n) is 12.3. The molecule has 7 heteroatoms. The number of aryl methyl sites for hydroxylation is 1. The minimum atomic E-state index is -0.637. The molecule has 1 aromatic heterocycles. The molecule has 0 unspecified atom stereocenters. The summed E-state index contributed by atoms with van der Waals surface area (Å²) in [4.78, 5) is 25.5. The Kier molecular flexibility index (Phi) is 5.54. The zero-order valence-corrected chi connectivity index (χ0v) is 20.6. The highest BCUT2D eigenvalue weighted by Crippen LogP contribution is 2.42. The van der Waals surface area contributed by atoms with Gasteiger partial charge in [0.1, 0.15) is 5.75 Å². The lowest BCUT2D eigenvalue weighted by Crippen LogP contribution is -2.16. The molecule has 2 saturated carbocycles. The van der Waals surface area contributed by atoms with Crippen molar-refractivity contribution in [3.8, 4) is 5.75 Å². The summed E-state index contributed by atoms with van der Waals surface area (Å²) in [6.07, 6.45) is 6.60. The van der Waals surface area contributed by atoms with Crippen molar-refractivity contribution < 1.29 is 19.4 Å². The van der Waals surface area contributed by atoms with Crippen molar-refractivity contribution >= 4 is 45.0 Å². The molecule has 6 nitrogen and oxygen atoms in total. The molecule has 0 spiro atoms. The monoisotopic (exact) mass is 502 g/mol. The van der Waals surface area contributed by atoms with Crippen molar-refractivity contribution in [3.05, 3.63) is 76.4 Å². The van der Waals surface area contributed by atoms with E-state index >= 15 is 0 Å². The van der Waals surface area contributed by atoms with Gasteiger partial charge < -0.3 is 20.1 Å². The van der Waals surface area contributed by atoms with Crippen molar-refractivity contribution in [2.75, 3.05) is 6.61 Å². The second-order valence-electron chi connectivity index (χ2n) is 10.2. The van der Waals surface area contributed by atoms with E-state index in [4.69, 9.17) is 22.1 Å². The topological polar surface area (TPSA) is 94.6 Å². The highest BCUT2D eigenvalue weighted by atomic mass is 35.5. The number of fused-ring (bicyclic) bond motifs is 2. The largest absolute Gasteiger partial charge is 0.485 e. The molecule has 2 fully saturated rings. The van der Waals surface area contributed by atoms with Gasteiger partial charge in [-0.2, -0.15) is 0 Å². The second kappa shape index (κ2) is 8.64. The highest BCUT2D eigenvalue weighted by Gasteiger charge is 2.39. The van der Waals surface area contributed by atoms with E-state index in [-0.39, 0.29) is 23.7 Å². The SMILES string of the molecule is NC(=O)c1cc2cc(Cl)ccc2cc1OCC(=O)c1cn(CCC2(O)CC2)c2cc(C3CC3)ccc12. The van der Waals surface area contributed by atoms with Crippen LogP contribution in [0.5, 0.6) is 5.75 Å². The minimum absolute atomic E-state index is 0.185. The summed E-state index contributed by atoms with van der Waals surface area (Å²) in [6, 6.07) is 15.0. The number of benzene rings is 3. The maximum Gasteiger partial charge on any atom is 0.252 e. The van der Waals surface area contributed by atoms with Crippen molar-refractivity contribution in [2.45, 2.75) is 50.2 Å². The van der Waals surface area contributed by atoms with Gasteiger partial charge in [-0.15, -0.1) is 0 Å². The Bertz CT molecular complexity index is 1530. The van der Waals surface area contributed by atoms with Crippen LogP contribution < -0.4 is 10.5 Å². The van der Waals surface area contributed by atoms with Crippen LogP contribution >= 0.6 is 11.6 Å². The minimum Gasteiger partial charge on any atom is -0.485 e. The third-order valence-electron chi connectivity index (χ3n) is 7.43. The number of nitrogens with zero attached hydrogens (tertiary/aromatic N) is 1. The number of carbonyl (C=O) groups is 2. The van der Waals surface area contributed by atoms with Crippen LogP contribution in [0.15, 0.2) is 54.7 Å². The summed E-state index contributed by atoms with van der Waals surface area (Å²) >= 11 is 6.08. The van der Waals surface area contributed by atoms with Crippen molar-refractivity contribution in [1.82, 2.24) is 4.57 Å². The Hall–Kier alpha value is -3.35. The molecule has 1 heterocycles. The molecule has 2 aliphatic carbocycles. The highest BCUT2D eigenvalue weighted by molar-refractivity contribution is 6.31. The Morgan fingerprint density at radius 3 is 2.58 bits per heavy atom. The van der Waals surface area contributed by atoms with E-state index in [9.17, 15) is 14.7 Å². The molecule has 0 saturated heterocycles. The zero-order chi connectivity index (χ0) is 25.0. The number of rotatable bonds is 9. The molecule has 0 radical (unpaired) electrons. The number of amides is 1. The number of primary amides is 1. The zero-order valence-electron chi connectivity index (χ0n) is 19.8. The molecule has 184 valence electrons. The van der Waals surface area contributed by atoms with E-state index in [1.54, 1.807) is 24.3 Å². The number of Topliss-reactive ketones (excluding diaryl/α,β-unsaturated/α-hetero) is 1. The van der Waals surface area contributed by atoms with Gasteiger partial charge in [0.15, 0.2) is 6.61 Å². The number of halogens is 1. The fourth-order valence-corrected chi connectivity index (χ4v) is 5.07. The summed E-state index contributed by atoms with van der Waals surface area (Å²) < 4.78 is 7.96. The van der Waals surface area contributed by atoms with E-state index in [1.807, 2.05) is 18.3 Å². The lowest BCUT2D eigenvalue weighted by molar-refractivity contribution is 0.0913. The van der Waals surface area contributed by atoms with Crippen LogP contribution in [0.3, 0.4) is 0 Å². The van der Waals surface area contributed by atoms with Gasteiger partial charge in [-0.25, -0.2) is 0 Å². The van der Waals surface area contributed by atoms with Crippen LogP contribution in [0.25, 0.3) is 21.7 Å². The van der Waals surface area contributed by atoms with Gasteiger partial charge in [-0.1, -0.05) is 29.8 Å². The Morgan fingerprint density at radius 1 is 1.06 bits per heavy atom. The molecule has 4 aromatic rings. The van der Waals surface area contributed by atoms with Crippen molar-refractivity contribution in [3.63, 3.8) is 0 Å². The lowest BCUT2D eigenvalue weighted by Gasteiger charge is -2.11. The van der Waals surface area contributed by atoms with Crippen LogP contribution in [0.2, 0.25) is 5.02 Å². The van der Waals surface area contributed by atoms with E-state index < -0.39 is 11.5 Å². The summed E-state index contributed by atoms with van der Waals surface area (Å²) in [5.74, 6) is 0.0421. The maximum atomic E-state index is 13.4. The quantitative estimate of drug-likeness (QED) is 0.291. The second-order valence-corrected chi connectivity index (χ2v) is 10.6. The molecule has 3 N–H and O–H groups in total. The van der Waals surface area contributed by atoms with Crippen molar-refractivity contribution in [2.24, 2.45) is 5.73 Å². The maximum absolute atomic E-state index is 13.4. The van der Waals surface area contributed by atoms with Gasteiger partial charge in [0, 0.05) is 34.2 Å². The number of carbonyl (C=O) groups excluding carboxylic acids is 2. The predicted octanol–water partition coefficient (Wildman–Crippen LogP) is 5.60. The molecule has 0 atom stereocenters. The molecule has 0 bridgehead atoms. The Balaban J connectivity index is 1.29. The summed E-state index contributed by atoms with van der Waals surface area (Å²) in [5.41, 5.74) is 8.11. The number of aliphatic hydroxyl groups is 1. The van der Waals surface area contributed by atoms with Crippen molar-refractivity contribution in [1.29, 1.82) is 0 Å². The van der Waals surface area contributed by atoms with E-state index in [2.05, 4.69) is 16.7 Å². The van der Waals surface area contributed by atoms with E-state index in [1.165, 1.54) is 18.4 Å². The molecular weight excluding hydrogens is 476 g/mol. The molecule has 6 rings (SSSR count). The van der Waals surface area contributed by atoms with Gasteiger partial charge in [0.2, 0.25) is 5.78 Å². The van der Waals surface area contributed by atoms with Crippen LogP contribution in [-0.4, -0.2) is 33.6 Å². The smallest absolute Gasteiger partial charge is 0.252 e. The number of hydrogen-bond donors (Lipinski definition) is 2. The number of ether oxygens (including phenoxy) is 1. The Labute approximate surface area is 213 Å². The standard InChI is InChI=1S/C29H27ClN2O4/c30-21-5-3-19-14-27(23(28(31)34)12-20(19)11-21)36-16-26(33)24-15-32(10-9-29(35)7-8-29)25-13-18(17-1-2-17)4-6-22(24)25/h3-6,11-15,17,35H,1-2,7-10,16H2,(H2,31,34). The molecule has 0 aliphatic heterocycles. The Morgan fingerprint density at radius 2 is 1.86 bits per heavy atom. The first-order chi connectivity index (χ1) is 17.3. The van der Waals surface area contributed by atoms with Gasteiger partial charge in [0.05, 0.1) is 11.2 Å². The summed E-state index contributed by atoms with van der Waals surface area (Å²) in [5, 5.41) is 13.4. The summed E-state index contributed by atoms with van der Waals surface area (Å²) in [6.45, 7) is 0.418. The van der Waals surface area contributed by atoms with Crippen LogP contribution in [0, 0.1) is 0 Å². The molecule has 36 heavy (non-hydrogen) atoms. The normalized spacial score (nSPS) is 16.4. The number of hydrogen-bond acceptors (Lipinski definition) is 4. The van der Waals surface area contributed by atoms with E-state index in [0.29, 0.717) is 29.5 Å². The molecule has 1 amide bonds. The van der Waals surface area contributed by atoms with Crippen LogP contribution in [0.4, 0.5) is 0 Å². The fraction of sp³-hybridized carbons (Fsp3) is 0.310. The first kappa shape index (κ1) is 23.1. The van der Waals surface area contributed by atoms with Crippen LogP contribution in [0.1, 0.15) is 64.3 Å². The predicted molar refractivity (Wildman–Crippen MR) is 140 cm³/mol. The average molecular weight is 503 g/mol. The van der Waals surface area contributed by atoms with E-state index in [0.717, 1.165) is 34.5 Å². The molecule has 3 aromatic carbocycles. The lowest BCUT2D eigenvalue weighted by atomic mass is 10.0. The molecule has 2 aliphatic rings. The van der Waals surface area contributed by atoms with Gasteiger partial charge >= 0.3 is 0 Å². The number of aromatic nitrogens is 1. The number of nitrogens with two attached hydrogens (primary N) is 1. The van der Waals surface area contributed by atoms with Gasteiger partial charge in [-0.3, -0.25) is 9.59 Å². The summed E-state index contributed by atoms with van der Waals surface area (Å²) in [7, 11) is 0. The van der Waals surface area contributed by atoms with Gasteiger partial charge in [0.25, 0.3) is 5.91 Å². The third-order valence-corrected chi connectivity index (χ3v) is 7.66. The van der Waals surface area contributed by atoms with Crippen LogP contribution in [-0.2, 0) is 6.54 Å². The average Bonchev–Trinajstić information content (AvgIpc) is 3.79. The number of ketones is 1. The fourth-order valence-electron chi connectivity index (χ4n) is 4.89.